The maximum Gasteiger partial charge on any atom is 0.208 e. The van der Waals surface area contributed by atoms with Crippen LogP contribution in [0.5, 0.6) is 0 Å². The quantitative estimate of drug-likeness (QED) is 0.332. The minimum atomic E-state index is 0.248. The average Bonchev–Trinajstić information content (AvgIpc) is 2.35. The van der Waals surface area contributed by atoms with Crippen LogP contribution in [0.25, 0.3) is 0 Å². The van der Waals surface area contributed by atoms with Crippen molar-refractivity contribution in [1.29, 1.82) is 0 Å². The van der Waals surface area contributed by atoms with E-state index < -0.39 is 0 Å². The van der Waals surface area contributed by atoms with Crippen molar-refractivity contribution < 1.29 is 0 Å². The molecular formula is C13H20N4. The van der Waals surface area contributed by atoms with E-state index in [1.807, 2.05) is 0 Å². The van der Waals surface area contributed by atoms with Gasteiger partial charge in [-0.05, 0) is 31.4 Å². The summed E-state index contributed by atoms with van der Waals surface area (Å²) in [7, 11) is 0. The number of rotatable bonds is 1. The molecule has 0 amide bonds. The SMILES string of the molecule is CC(C)N=C(NN)N1CCc2ccccc2C1. The fourth-order valence-electron chi connectivity index (χ4n) is 2.13. The minimum Gasteiger partial charge on any atom is -0.337 e. The molecule has 0 fully saturated rings. The highest BCUT2D eigenvalue weighted by Gasteiger charge is 2.18. The van der Waals surface area contributed by atoms with E-state index >= 15 is 0 Å². The molecule has 1 aliphatic heterocycles. The first-order chi connectivity index (χ1) is 8.20. The van der Waals surface area contributed by atoms with Gasteiger partial charge in [0.2, 0.25) is 5.96 Å². The number of nitrogens with zero attached hydrogens (tertiary/aromatic N) is 2. The number of hydrogen-bond acceptors (Lipinski definition) is 2. The second-order valence-electron chi connectivity index (χ2n) is 4.63. The van der Waals surface area contributed by atoms with Gasteiger partial charge in [0.25, 0.3) is 0 Å². The van der Waals surface area contributed by atoms with E-state index in [0.29, 0.717) is 0 Å². The van der Waals surface area contributed by atoms with Crippen LogP contribution in [0.1, 0.15) is 25.0 Å². The molecule has 0 unspecified atom stereocenters. The fourth-order valence-corrected chi connectivity index (χ4v) is 2.13. The van der Waals surface area contributed by atoms with E-state index in [9.17, 15) is 0 Å². The first-order valence-electron chi connectivity index (χ1n) is 6.07. The van der Waals surface area contributed by atoms with Crippen LogP contribution in [-0.2, 0) is 13.0 Å². The highest BCUT2D eigenvalue weighted by molar-refractivity contribution is 5.79. The number of hydrogen-bond donors (Lipinski definition) is 2. The Bertz CT molecular complexity index is 412. The van der Waals surface area contributed by atoms with Crippen molar-refractivity contribution in [3.05, 3.63) is 35.4 Å². The van der Waals surface area contributed by atoms with E-state index in [-0.39, 0.29) is 6.04 Å². The van der Waals surface area contributed by atoms with Gasteiger partial charge in [-0.2, -0.15) is 0 Å². The van der Waals surface area contributed by atoms with Crippen LogP contribution in [0.4, 0.5) is 0 Å². The summed E-state index contributed by atoms with van der Waals surface area (Å²) in [6.07, 6.45) is 1.05. The largest absolute Gasteiger partial charge is 0.337 e. The minimum absolute atomic E-state index is 0.248. The Hall–Kier alpha value is -1.55. The molecule has 0 radical (unpaired) electrons. The van der Waals surface area contributed by atoms with E-state index in [0.717, 1.165) is 25.5 Å². The molecule has 0 bridgehead atoms. The summed E-state index contributed by atoms with van der Waals surface area (Å²) in [5.41, 5.74) is 5.51. The van der Waals surface area contributed by atoms with Crippen LogP contribution in [0, 0.1) is 0 Å². The smallest absolute Gasteiger partial charge is 0.208 e. The summed E-state index contributed by atoms with van der Waals surface area (Å²) in [6, 6.07) is 8.79. The highest BCUT2D eigenvalue weighted by atomic mass is 15.4. The molecular weight excluding hydrogens is 212 g/mol. The summed E-state index contributed by atoms with van der Waals surface area (Å²) >= 11 is 0. The molecule has 1 aliphatic rings. The van der Waals surface area contributed by atoms with Crippen molar-refractivity contribution in [2.24, 2.45) is 10.8 Å². The lowest BCUT2D eigenvalue weighted by Crippen LogP contribution is -2.47. The van der Waals surface area contributed by atoms with Crippen molar-refractivity contribution in [1.82, 2.24) is 10.3 Å². The average molecular weight is 232 g/mol. The molecule has 0 aliphatic carbocycles. The Kier molecular flexibility index (Phi) is 3.64. The van der Waals surface area contributed by atoms with Crippen LogP contribution < -0.4 is 11.3 Å². The zero-order valence-electron chi connectivity index (χ0n) is 10.5. The number of guanidine groups is 1. The molecule has 4 nitrogen and oxygen atoms in total. The molecule has 0 saturated heterocycles. The maximum absolute atomic E-state index is 5.55. The Balaban J connectivity index is 2.16. The zero-order chi connectivity index (χ0) is 12.3. The normalized spacial score (nSPS) is 16.0. The molecule has 4 heteroatoms. The van der Waals surface area contributed by atoms with Crippen LogP contribution in [0.2, 0.25) is 0 Å². The molecule has 17 heavy (non-hydrogen) atoms. The van der Waals surface area contributed by atoms with Gasteiger partial charge in [0, 0.05) is 19.1 Å². The van der Waals surface area contributed by atoms with Crippen molar-refractivity contribution in [2.45, 2.75) is 32.9 Å². The highest BCUT2D eigenvalue weighted by Crippen LogP contribution is 2.18. The van der Waals surface area contributed by atoms with Crippen LogP contribution in [-0.4, -0.2) is 23.4 Å². The van der Waals surface area contributed by atoms with E-state index in [1.165, 1.54) is 11.1 Å². The summed E-state index contributed by atoms with van der Waals surface area (Å²) in [4.78, 5) is 6.70. The summed E-state index contributed by atoms with van der Waals surface area (Å²) in [5, 5.41) is 0. The third-order valence-electron chi connectivity index (χ3n) is 2.94. The maximum atomic E-state index is 5.55. The van der Waals surface area contributed by atoms with Gasteiger partial charge in [-0.3, -0.25) is 5.43 Å². The second-order valence-corrected chi connectivity index (χ2v) is 4.63. The van der Waals surface area contributed by atoms with Gasteiger partial charge in [-0.1, -0.05) is 24.3 Å². The summed E-state index contributed by atoms with van der Waals surface area (Å²) in [6.45, 7) is 5.95. The second kappa shape index (κ2) is 5.19. The van der Waals surface area contributed by atoms with E-state index in [1.54, 1.807) is 0 Å². The summed E-state index contributed by atoms with van der Waals surface area (Å²) in [5.74, 6) is 6.34. The number of nitrogens with one attached hydrogen (secondary N) is 1. The number of hydrazine groups is 1. The van der Waals surface area contributed by atoms with Gasteiger partial charge < -0.3 is 4.90 Å². The third-order valence-corrected chi connectivity index (χ3v) is 2.94. The van der Waals surface area contributed by atoms with Gasteiger partial charge in [-0.15, -0.1) is 0 Å². The lowest BCUT2D eigenvalue weighted by atomic mass is 10.0. The van der Waals surface area contributed by atoms with E-state index in [4.69, 9.17) is 5.84 Å². The molecule has 2 rings (SSSR count). The molecule has 0 saturated carbocycles. The molecule has 1 heterocycles. The topological polar surface area (TPSA) is 53.6 Å². The number of nitrogens with two attached hydrogens (primary N) is 1. The number of aliphatic imine (C=N–C) groups is 1. The summed E-state index contributed by atoms with van der Waals surface area (Å²) < 4.78 is 0. The number of benzene rings is 1. The Morgan fingerprint density at radius 1 is 1.35 bits per heavy atom. The predicted molar refractivity (Wildman–Crippen MR) is 70.5 cm³/mol. The van der Waals surface area contributed by atoms with Crippen molar-refractivity contribution in [2.75, 3.05) is 6.54 Å². The first-order valence-corrected chi connectivity index (χ1v) is 6.07. The zero-order valence-corrected chi connectivity index (χ0v) is 10.5. The van der Waals surface area contributed by atoms with Crippen molar-refractivity contribution >= 4 is 5.96 Å². The molecule has 3 N–H and O–H groups in total. The third kappa shape index (κ3) is 2.77. The Morgan fingerprint density at radius 2 is 2.06 bits per heavy atom. The fraction of sp³-hybridized carbons (Fsp3) is 0.462. The van der Waals surface area contributed by atoms with Crippen molar-refractivity contribution in [3.8, 4) is 0 Å². The Morgan fingerprint density at radius 3 is 2.71 bits per heavy atom. The molecule has 0 atom stereocenters. The lowest BCUT2D eigenvalue weighted by Gasteiger charge is -2.31. The lowest BCUT2D eigenvalue weighted by molar-refractivity contribution is 0.377. The standard InChI is InChI=1S/C13H20N4/c1-10(2)15-13(16-14)17-8-7-11-5-3-4-6-12(11)9-17/h3-6,10H,7-9,14H2,1-2H3,(H,15,16). The molecule has 1 aromatic rings. The van der Waals surface area contributed by atoms with Gasteiger partial charge in [-0.25, -0.2) is 10.8 Å². The van der Waals surface area contributed by atoms with E-state index in [2.05, 4.69) is 53.4 Å². The molecule has 0 spiro atoms. The van der Waals surface area contributed by atoms with Crippen LogP contribution >= 0.6 is 0 Å². The van der Waals surface area contributed by atoms with Gasteiger partial charge in [0.05, 0.1) is 0 Å². The Labute approximate surface area is 102 Å². The van der Waals surface area contributed by atoms with Crippen molar-refractivity contribution in [3.63, 3.8) is 0 Å². The predicted octanol–water partition coefficient (Wildman–Crippen LogP) is 1.27. The van der Waals surface area contributed by atoms with Gasteiger partial charge in [0.1, 0.15) is 0 Å². The van der Waals surface area contributed by atoms with Crippen LogP contribution in [0.3, 0.4) is 0 Å². The first kappa shape index (κ1) is 11.9. The molecule has 0 aromatic heterocycles. The molecule has 1 aromatic carbocycles. The monoisotopic (exact) mass is 232 g/mol. The van der Waals surface area contributed by atoms with Gasteiger partial charge in [0.15, 0.2) is 0 Å². The number of fused-ring (bicyclic) bond motifs is 1. The van der Waals surface area contributed by atoms with Crippen LogP contribution in [0.15, 0.2) is 29.3 Å². The van der Waals surface area contributed by atoms with Gasteiger partial charge >= 0.3 is 0 Å². The molecule has 92 valence electrons.